The summed E-state index contributed by atoms with van der Waals surface area (Å²) in [7, 11) is 0. The van der Waals surface area contributed by atoms with Crippen LogP contribution in [0.2, 0.25) is 5.02 Å². The van der Waals surface area contributed by atoms with Crippen LogP contribution in [-0.2, 0) is 0 Å². The van der Waals surface area contributed by atoms with Crippen LogP contribution in [0.4, 0.5) is 14.5 Å². The largest absolute Gasteiger partial charge is 0.386 e. The van der Waals surface area contributed by atoms with Gasteiger partial charge in [-0.3, -0.25) is 0 Å². The number of aliphatic hydroxyl groups is 1. The number of anilines is 1. The summed E-state index contributed by atoms with van der Waals surface area (Å²) in [6.07, 6.45) is -1.35. The van der Waals surface area contributed by atoms with Gasteiger partial charge in [0.25, 0.3) is 0 Å². The molecule has 0 spiro atoms. The Labute approximate surface area is 125 Å². The fraction of sp³-hybridized carbons (Fsp3) is 0.133. The Kier molecular flexibility index (Phi) is 4.73. The number of hydrogen-bond donors (Lipinski definition) is 2. The third-order valence-electron chi connectivity index (χ3n) is 2.92. The van der Waals surface area contributed by atoms with E-state index in [1.165, 1.54) is 18.2 Å². The van der Waals surface area contributed by atoms with Crippen molar-refractivity contribution in [2.24, 2.45) is 0 Å². The van der Waals surface area contributed by atoms with Crippen LogP contribution in [0.15, 0.2) is 36.4 Å². The molecule has 2 aromatic rings. The number of aliphatic hydroxyl groups excluding tert-OH is 1. The monoisotopic (exact) mass is 308 g/mol. The Bertz CT molecular complexity index is 680. The third-order valence-corrected chi connectivity index (χ3v) is 3.23. The van der Waals surface area contributed by atoms with Crippen molar-refractivity contribution >= 4 is 17.3 Å². The van der Waals surface area contributed by atoms with Crippen molar-refractivity contribution in [3.8, 4) is 6.07 Å². The van der Waals surface area contributed by atoms with Gasteiger partial charge < -0.3 is 10.4 Å². The molecule has 0 saturated heterocycles. The van der Waals surface area contributed by atoms with Gasteiger partial charge in [-0.2, -0.15) is 5.26 Å². The maximum absolute atomic E-state index is 13.5. The molecule has 0 heterocycles. The average molecular weight is 309 g/mol. The minimum absolute atomic E-state index is 0.0971. The van der Waals surface area contributed by atoms with Gasteiger partial charge in [-0.25, -0.2) is 8.78 Å². The predicted molar refractivity (Wildman–Crippen MR) is 76.0 cm³/mol. The summed E-state index contributed by atoms with van der Waals surface area (Å²) >= 11 is 5.87. The molecule has 2 rings (SSSR count). The van der Waals surface area contributed by atoms with Crippen LogP contribution in [0.1, 0.15) is 17.2 Å². The zero-order chi connectivity index (χ0) is 15.4. The molecular weight excluding hydrogens is 298 g/mol. The highest BCUT2D eigenvalue weighted by atomic mass is 35.5. The van der Waals surface area contributed by atoms with Crippen molar-refractivity contribution in [2.75, 3.05) is 11.9 Å². The molecule has 21 heavy (non-hydrogen) atoms. The van der Waals surface area contributed by atoms with Gasteiger partial charge in [0.1, 0.15) is 23.8 Å². The lowest BCUT2D eigenvalue weighted by molar-refractivity contribution is 0.181. The smallest absolute Gasteiger partial charge is 0.132 e. The van der Waals surface area contributed by atoms with Crippen molar-refractivity contribution in [1.82, 2.24) is 0 Å². The lowest BCUT2D eigenvalue weighted by Gasteiger charge is -2.15. The third kappa shape index (κ3) is 3.48. The molecular formula is C15H11ClF2N2O. The molecule has 0 aromatic heterocycles. The zero-order valence-corrected chi connectivity index (χ0v) is 11.5. The van der Waals surface area contributed by atoms with E-state index in [0.29, 0.717) is 11.3 Å². The Morgan fingerprint density at radius 3 is 2.48 bits per heavy atom. The van der Waals surface area contributed by atoms with Gasteiger partial charge in [0.05, 0.1) is 16.1 Å². The summed E-state index contributed by atoms with van der Waals surface area (Å²) in [6, 6.07) is 9.93. The molecule has 1 unspecified atom stereocenters. The molecule has 0 saturated carbocycles. The van der Waals surface area contributed by atoms with Gasteiger partial charge in [0, 0.05) is 12.2 Å². The maximum Gasteiger partial charge on any atom is 0.132 e. The predicted octanol–water partition coefficient (Wildman–Crippen LogP) is 3.64. The molecule has 0 aliphatic rings. The molecule has 0 bridgehead atoms. The van der Waals surface area contributed by atoms with E-state index < -0.39 is 17.7 Å². The Morgan fingerprint density at radius 1 is 1.24 bits per heavy atom. The number of halogens is 3. The highest BCUT2D eigenvalue weighted by Gasteiger charge is 2.17. The van der Waals surface area contributed by atoms with E-state index in [1.54, 1.807) is 6.07 Å². The van der Waals surface area contributed by atoms with Crippen LogP contribution < -0.4 is 5.32 Å². The fourth-order valence-corrected chi connectivity index (χ4v) is 2.08. The van der Waals surface area contributed by atoms with Crippen LogP contribution in [0.25, 0.3) is 0 Å². The first-order valence-corrected chi connectivity index (χ1v) is 6.46. The second-order valence-corrected chi connectivity index (χ2v) is 4.75. The van der Waals surface area contributed by atoms with Crippen molar-refractivity contribution in [3.63, 3.8) is 0 Å². The number of nitriles is 1. The Hall–Kier alpha value is -2.16. The number of nitrogens with one attached hydrogen (secondary N) is 1. The maximum atomic E-state index is 13.5. The van der Waals surface area contributed by atoms with Crippen LogP contribution in [0.5, 0.6) is 0 Å². The second-order valence-electron chi connectivity index (χ2n) is 4.34. The standard InChI is InChI=1S/C15H11ClF2N2O/c16-11-6-10(5-4-9(11)7-19)20-8-14(21)15-12(17)2-1-3-13(15)18/h1-6,14,20-21H,8H2. The number of rotatable bonds is 4. The van der Waals surface area contributed by atoms with Crippen molar-refractivity contribution < 1.29 is 13.9 Å². The summed E-state index contributed by atoms with van der Waals surface area (Å²) in [5, 5.41) is 21.7. The van der Waals surface area contributed by atoms with E-state index in [-0.39, 0.29) is 17.1 Å². The number of benzene rings is 2. The van der Waals surface area contributed by atoms with E-state index >= 15 is 0 Å². The minimum Gasteiger partial charge on any atom is -0.386 e. The average Bonchev–Trinajstić information content (AvgIpc) is 2.45. The highest BCUT2D eigenvalue weighted by Crippen LogP contribution is 2.23. The van der Waals surface area contributed by atoms with Gasteiger partial charge in [0.2, 0.25) is 0 Å². The lowest BCUT2D eigenvalue weighted by Crippen LogP contribution is -2.15. The van der Waals surface area contributed by atoms with Crippen LogP contribution in [0, 0.1) is 23.0 Å². The molecule has 108 valence electrons. The first kappa shape index (κ1) is 15.2. The van der Waals surface area contributed by atoms with Crippen molar-refractivity contribution in [2.45, 2.75) is 6.10 Å². The van der Waals surface area contributed by atoms with Crippen LogP contribution in [-0.4, -0.2) is 11.7 Å². The van der Waals surface area contributed by atoms with Crippen molar-refractivity contribution in [1.29, 1.82) is 5.26 Å². The van der Waals surface area contributed by atoms with E-state index in [1.807, 2.05) is 6.07 Å². The van der Waals surface area contributed by atoms with Crippen molar-refractivity contribution in [3.05, 3.63) is 64.2 Å². The fourth-order valence-electron chi connectivity index (χ4n) is 1.86. The zero-order valence-electron chi connectivity index (χ0n) is 10.8. The summed E-state index contributed by atoms with van der Waals surface area (Å²) in [6.45, 7) is -0.0971. The minimum atomic E-state index is -1.35. The van der Waals surface area contributed by atoms with Gasteiger partial charge in [0.15, 0.2) is 0 Å². The quantitative estimate of drug-likeness (QED) is 0.906. The number of nitrogens with zero attached hydrogens (tertiary/aromatic N) is 1. The summed E-state index contributed by atoms with van der Waals surface area (Å²) < 4.78 is 27.0. The first-order valence-electron chi connectivity index (χ1n) is 6.08. The molecule has 3 nitrogen and oxygen atoms in total. The summed E-state index contributed by atoms with van der Waals surface area (Å²) in [5.41, 5.74) is 0.474. The molecule has 2 aromatic carbocycles. The Morgan fingerprint density at radius 2 is 1.90 bits per heavy atom. The topological polar surface area (TPSA) is 56.0 Å². The van der Waals surface area contributed by atoms with Crippen LogP contribution in [0.3, 0.4) is 0 Å². The first-order chi connectivity index (χ1) is 10.0. The summed E-state index contributed by atoms with van der Waals surface area (Å²) in [4.78, 5) is 0. The molecule has 2 N–H and O–H groups in total. The number of hydrogen-bond acceptors (Lipinski definition) is 3. The molecule has 1 atom stereocenters. The normalized spacial score (nSPS) is 11.8. The molecule has 0 aliphatic carbocycles. The van der Waals surface area contributed by atoms with Crippen LogP contribution >= 0.6 is 11.6 Å². The molecule has 6 heteroatoms. The van der Waals surface area contributed by atoms with E-state index in [9.17, 15) is 13.9 Å². The van der Waals surface area contributed by atoms with E-state index in [2.05, 4.69) is 5.32 Å². The van der Waals surface area contributed by atoms with Gasteiger partial charge in [-0.1, -0.05) is 17.7 Å². The van der Waals surface area contributed by atoms with Gasteiger partial charge in [-0.05, 0) is 30.3 Å². The highest BCUT2D eigenvalue weighted by molar-refractivity contribution is 6.32. The molecule has 0 amide bonds. The van der Waals surface area contributed by atoms with E-state index in [4.69, 9.17) is 16.9 Å². The Balaban J connectivity index is 2.10. The summed E-state index contributed by atoms with van der Waals surface area (Å²) in [5.74, 6) is -1.61. The SMILES string of the molecule is N#Cc1ccc(NCC(O)c2c(F)cccc2F)cc1Cl. The molecule has 0 radical (unpaired) electrons. The second kappa shape index (κ2) is 6.53. The molecule has 0 aliphatic heterocycles. The van der Waals surface area contributed by atoms with Gasteiger partial charge >= 0.3 is 0 Å². The lowest BCUT2D eigenvalue weighted by atomic mass is 10.1. The molecule has 0 fully saturated rings. The van der Waals surface area contributed by atoms with Gasteiger partial charge in [-0.15, -0.1) is 0 Å². The van der Waals surface area contributed by atoms with E-state index in [0.717, 1.165) is 12.1 Å².